The molecule has 2 aliphatic rings. The Kier molecular flexibility index (Phi) is 7.03. The van der Waals surface area contributed by atoms with Crippen molar-refractivity contribution < 1.29 is 18.7 Å². The summed E-state index contributed by atoms with van der Waals surface area (Å²) in [5.41, 5.74) is 0.333. The zero-order valence-corrected chi connectivity index (χ0v) is 22.8. The number of carbonyl (C=O) groups excluding carboxylic acids is 1. The number of amidine groups is 1. The SMILES string of the molecule is CC(C)(C)OC(=O)N1CCC2(CC1)CC(O[Si](C)(C)C(C)(C)C)c1cc(C(=N)N=O)ccc1O2. The van der Waals surface area contributed by atoms with Crippen LogP contribution in [0.1, 0.15) is 78.0 Å². The number of likely N-dealkylation sites (tertiary alicyclic amines) is 1. The molecule has 3 rings (SSSR count). The Morgan fingerprint density at radius 1 is 1.18 bits per heavy atom. The van der Waals surface area contributed by atoms with Crippen LogP contribution < -0.4 is 4.74 Å². The van der Waals surface area contributed by atoms with Gasteiger partial charge in [0.1, 0.15) is 17.0 Å². The first-order valence-electron chi connectivity index (χ1n) is 12.0. The van der Waals surface area contributed by atoms with Crippen molar-refractivity contribution in [3.05, 3.63) is 34.2 Å². The molecule has 0 aromatic heterocycles. The molecule has 0 saturated carbocycles. The van der Waals surface area contributed by atoms with E-state index < -0.39 is 19.5 Å². The maximum absolute atomic E-state index is 12.6. The highest BCUT2D eigenvalue weighted by Gasteiger charge is 2.48. The third-order valence-electron chi connectivity index (χ3n) is 7.17. The molecule has 1 fully saturated rings. The Morgan fingerprint density at radius 3 is 2.32 bits per heavy atom. The summed E-state index contributed by atoms with van der Waals surface area (Å²) in [5, 5.41) is 10.7. The fraction of sp³-hybridized carbons (Fsp3) is 0.680. The van der Waals surface area contributed by atoms with E-state index in [4.69, 9.17) is 19.3 Å². The maximum atomic E-state index is 12.6. The zero-order chi connectivity index (χ0) is 25.5. The quantitative estimate of drug-likeness (QED) is 0.229. The second kappa shape index (κ2) is 9.07. The minimum absolute atomic E-state index is 0.0212. The number of fused-ring (bicyclic) bond motifs is 1. The van der Waals surface area contributed by atoms with Gasteiger partial charge in [-0.05, 0) is 62.3 Å². The van der Waals surface area contributed by atoms with Crippen molar-refractivity contribution in [1.29, 1.82) is 5.41 Å². The summed E-state index contributed by atoms with van der Waals surface area (Å²) in [6.45, 7) is 17.8. The standard InChI is InChI=1S/C25H39N3O5Si/c1-23(2,3)32-22(29)28-13-11-25(12-14-28)16-20(33-34(7,8)24(4,5)6)18-15-17(21(26)27-30)9-10-19(18)31-25/h9-10,15,20,26H,11-14,16H2,1-8H3. The maximum Gasteiger partial charge on any atom is 0.410 e. The molecule has 1 unspecified atom stereocenters. The molecule has 9 heteroatoms. The number of hydrogen-bond donors (Lipinski definition) is 1. The van der Waals surface area contributed by atoms with Crippen molar-refractivity contribution in [3.8, 4) is 5.75 Å². The summed E-state index contributed by atoms with van der Waals surface area (Å²) in [5.74, 6) is 0.406. The fourth-order valence-electron chi connectivity index (χ4n) is 4.18. The van der Waals surface area contributed by atoms with E-state index in [9.17, 15) is 9.70 Å². The molecule has 1 N–H and O–H groups in total. The second-order valence-corrected chi connectivity index (χ2v) is 16.8. The summed E-state index contributed by atoms with van der Waals surface area (Å²) in [6, 6.07) is 5.31. The number of rotatable bonds is 3. The predicted octanol–water partition coefficient (Wildman–Crippen LogP) is 6.39. The van der Waals surface area contributed by atoms with E-state index in [-0.39, 0.29) is 23.1 Å². The Balaban J connectivity index is 1.89. The number of ether oxygens (including phenoxy) is 2. The first-order chi connectivity index (χ1) is 15.6. The molecular formula is C25H39N3O5Si. The number of nitrogens with one attached hydrogen (secondary N) is 1. The molecule has 0 radical (unpaired) electrons. The van der Waals surface area contributed by atoms with Crippen molar-refractivity contribution in [1.82, 2.24) is 4.90 Å². The molecule has 1 atom stereocenters. The smallest absolute Gasteiger partial charge is 0.410 e. The van der Waals surface area contributed by atoms with Crippen LogP contribution in [0.2, 0.25) is 18.1 Å². The zero-order valence-electron chi connectivity index (χ0n) is 21.8. The lowest BCUT2D eigenvalue weighted by Gasteiger charge is -2.49. The van der Waals surface area contributed by atoms with Gasteiger partial charge in [0.25, 0.3) is 0 Å². The van der Waals surface area contributed by atoms with Gasteiger partial charge in [0.2, 0.25) is 0 Å². The van der Waals surface area contributed by atoms with Crippen LogP contribution in [0.25, 0.3) is 0 Å². The summed E-state index contributed by atoms with van der Waals surface area (Å²) < 4.78 is 19.0. The lowest BCUT2D eigenvalue weighted by Crippen LogP contribution is -2.53. The van der Waals surface area contributed by atoms with Gasteiger partial charge in [0, 0.05) is 43.5 Å². The number of amides is 1. The van der Waals surface area contributed by atoms with Crippen LogP contribution in [0.15, 0.2) is 23.4 Å². The second-order valence-electron chi connectivity index (χ2n) is 12.0. The normalized spacial score (nSPS) is 20.4. The highest BCUT2D eigenvalue weighted by Crippen LogP contribution is 2.49. The summed E-state index contributed by atoms with van der Waals surface area (Å²) in [4.78, 5) is 25.3. The van der Waals surface area contributed by atoms with Crippen molar-refractivity contribution >= 4 is 20.2 Å². The van der Waals surface area contributed by atoms with Gasteiger partial charge in [-0.15, -0.1) is 4.91 Å². The van der Waals surface area contributed by atoms with Gasteiger partial charge in [0.15, 0.2) is 14.2 Å². The largest absolute Gasteiger partial charge is 0.487 e. The predicted molar refractivity (Wildman–Crippen MR) is 135 cm³/mol. The van der Waals surface area contributed by atoms with Gasteiger partial charge in [0.05, 0.1) is 6.10 Å². The number of piperidine rings is 1. The van der Waals surface area contributed by atoms with Crippen molar-refractivity contribution in [2.45, 2.75) is 96.2 Å². The minimum atomic E-state index is -2.13. The van der Waals surface area contributed by atoms with E-state index in [0.717, 1.165) is 5.56 Å². The number of hydrogen-bond acceptors (Lipinski definition) is 6. The molecule has 0 bridgehead atoms. The number of benzene rings is 1. The van der Waals surface area contributed by atoms with Crippen LogP contribution in [-0.4, -0.2) is 49.4 Å². The van der Waals surface area contributed by atoms with Crippen LogP contribution in [-0.2, 0) is 9.16 Å². The van der Waals surface area contributed by atoms with E-state index in [1.807, 2.05) is 26.8 Å². The van der Waals surface area contributed by atoms with E-state index in [1.165, 1.54) is 0 Å². The highest BCUT2D eigenvalue weighted by atomic mass is 28.4. The van der Waals surface area contributed by atoms with Crippen molar-refractivity contribution in [3.63, 3.8) is 0 Å². The average Bonchev–Trinajstić information content (AvgIpc) is 2.71. The lowest BCUT2D eigenvalue weighted by molar-refractivity contribution is -0.0542. The summed E-state index contributed by atoms with van der Waals surface area (Å²) in [6.07, 6.45) is 1.49. The van der Waals surface area contributed by atoms with Crippen LogP contribution in [0, 0.1) is 10.3 Å². The molecule has 1 spiro atoms. The Morgan fingerprint density at radius 2 is 1.79 bits per heavy atom. The Bertz CT molecular complexity index is 956. The van der Waals surface area contributed by atoms with Crippen LogP contribution in [0.4, 0.5) is 4.79 Å². The van der Waals surface area contributed by atoms with Gasteiger partial charge in [-0.25, -0.2) is 4.79 Å². The number of nitrogens with zero attached hydrogens (tertiary/aromatic N) is 2. The molecule has 1 aromatic carbocycles. The molecule has 2 aliphatic heterocycles. The van der Waals surface area contributed by atoms with Crippen LogP contribution in [0.3, 0.4) is 0 Å². The monoisotopic (exact) mass is 489 g/mol. The van der Waals surface area contributed by atoms with Crippen molar-refractivity contribution in [2.75, 3.05) is 13.1 Å². The molecular weight excluding hydrogens is 450 g/mol. The first kappa shape index (κ1) is 26.3. The van der Waals surface area contributed by atoms with Crippen LogP contribution in [0.5, 0.6) is 5.75 Å². The van der Waals surface area contributed by atoms with E-state index in [0.29, 0.717) is 43.7 Å². The average molecular weight is 490 g/mol. The Labute approximate surface area is 204 Å². The highest BCUT2D eigenvalue weighted by molar-refractivity contribution is 6.74. The third kappa shape index (κ3) is 5.68. The molecule has 0 aliphatic carbocycles. The third-order valence-corrected chi connectivity index (χ3v) is 11.7. The fourth-order valence-corrected chi connectivity index (χ4v) is 5.46. The van der Waals surface area contributed by atoms with Gasteiger partial charge in [-0.1, -0.05) is 20.8 Å². The van der Waals surface area contributed by atoms with E-state index in [2.05, 4.69) is 39.0 Å². The summed E-state index contributed by atoms with van der Waals surface area (Å²) in [7, 11) is -2.13. The molecule has 188 valence electrons. The van der Waals surface area contributed by atoms with Crippen molar-refractivity contribution in [2.24, 2.45) is 5.18 Å². The van der Waals surface area contributed by atoms with Gasteiger partial charge < -0.3 is 18.8 Å². The molecule has 2 heterocycles. The minimum Gasteiger partial charge on any atom is -0.487 e. The van der Waals surface area contributed by atoms with E-state index >= 15 is 0 Å². The van der Waals surface area contributed by atoms with Crippen LogP contribution >= 0.6 is 0 Å². The van der Waals surface area contributed by atoms with Gasteiger partial charge >= 0.3 is 6.09 Å². The van der Waals surface area contributed by atoms with Gasteiger partial charge in [-0.3, -0.25) is 5.41 Å². The summed E-state index contributed by atoms with van der Waals surface area (Å²) >= 11 is 0. The topological polar surface area (TPSA) is 101 Å². The molecule has 1 saturated heterocycles. The molecule has 8 nitrogen and oxygen atoms in total. The molecule has 34 heavy (non-hydrogen) atoms. The first-order valence-corrected chi connectivity index (χ1v) is 14.9. The number of nitroso groups, excluding NO2 is 1. The molecule has 1 aromatic rings. The number of carbonyl (C=O) groups is 1. The van der Waals surface area contributed by atoms with Gasteiger partial charge in [-0.2, -0.15) is 0 Å². The lowest BCUT2D eigenvalue weighted by atomic mass is 9.81. The molecule has 1 amide bonds. The Hall–Kier alpha value is -2.26. The van der Waals surface area contributed by atoms with E-state index in [1.54, 1.807) is 17.0 Å².